The van der Waals surface area contributed by atoms with Gasteiger partial charge in [-0.3, -0.25) is 14.4 Å². The number of allylic oxidation sites excluding steroid dienone is 4. The van der Waals surface area contributed by atoms with Crippen LogP contribution < -0.4 is 14.8 Å². The molecule has 5 rings (SSSR count). The van der Waals surface area contributed by atoms with Crippen LogP contribution in [0.5, 0.6) is 11.5 Å². The molecule has 7 nitrogen and oxygen atoms in total. The highest BCUT2D eigenvalue weighted by Crippen LogP contribution is 2.50. The number of ether oxygens (including phenoxy) is 2. The molecule has 2 aromatic rings. The molecule has 1 heterocycles. The van der Waals surface area contributed by atoms with Crippen LogP contribution in [0.1, 0.15) is 56.9 Å². The van der Waals surface area contributed by atoms with Crippen molar-refractivity contribution >= 4 is 23.2 Å². The van der Waals surface area contributed by atoms with Crippen LogP contribution in [0.3, 0.4) is 0 Å². The van der Waals surface area contributed by atoms with Gasteiger partial charge < -0.3 is 19.7 Å². The van der Waals surface area contributed by atoms with Crippen molar-refractivity contribution in [2.24, 2.45) is 0 Å². The van der Waals surface area contributed by atoms with Crippen LogP contribution in [0, 0.1) is 0 Å². The van der Waals surface area contributed by atoms with E-state index >= 15 is 0 Å². The van der Waals surface area contributed by atoms with Gasteiger partial charge in [0.05, 0.1) is 7.11 Å². The van der Waals surface area contributed by atoms with Crippen LogP contribution >= 0.6 is 0 Å². The highest BCUT2D eigenvalue weighted by Gasteiger charge is 2.43. The Hall–Kier alpha value is -3.87. The van der Waals surface area contributed by atoms with Crippen LogP contribution in [-0.4, -0.2) is 42.6 Å². The Morgan fingerprint density at radius 3 is 2.14 bits per heavy atom. The molecule has 0 radical (unpaired) electrons. The summed E-state index contributed by atoms with van der Waals surface area (Å²) in [6.45, 7) is 2.61. The van der Waals surface area contributed by atoms with Crippen molar-refractivity contribution in [2.45, 2.75) is 51.4 Å². The summed E-state index contributed by atoms with van der Waals surface area (Å²) in [5.41, 5.74) is 4.94. The summed E-state index contributed by atoms with van der Waals surface area (Å²) in [6.07, 6.45) is 4.25. The van der Waals surface area contributed by atoms with Crippen LogP contribution in [0.15, 0.2) is 71.1 Å². The molecule has 0 saturated heterocycles. The zero-order valence-corrected chi connectivity index (χ0v) is 21.3. The van der Waals surface area contributed by atoms with Crippen molar-refractivity contribution in [3.63, 3.8) is 0 Å². The molecule has 7 heteroatoms. The van der Waals surface area contributed by atoms with Gasteiger partial charge >= 0.3 is 0 Å². The topological polar surface area (TPSA) is 84.9 Å². The first-order valence-electron chi connectivity index (χ1n) is 13.0. The number of nitrogens with one attached hydrogen (secondary N) is 1. The first-order chi connectivity index (χ1) is 18.0. The predicted molar refractivity (Wildman–Crippen MR) is 140 cm³/mol. The maximum absolute atomic E-state index is 13.3. The first-order valence-corrected chi connectivity index (χ1v) is 13.0. The number of hydrogen-bond donors (Lipinski definition) is 1. The molecule has 0 spiro atoms. The second-order valence-electron chi connectivity index (χ2n) is 9.55. The smallest absolute Gasteiger partial charge is 0.262 e. The number of methoxy groups -OCH3 is 1. The lowest BCUT2D eigenvalue weighted by Crippen LogP contribution is -2.39. The van der Waals surface area contributed by atoms with Gasteiger partial charge in [0.2, 0.25) is 0 Å². The van der Waals surface area contributed by atoms with Gasteiger partial charge in [-0.2, -0.15) is 0 Å². The zero-order chi connectivity index (χ0) is 25.9. The second-order valence-corrected chi connectivity index (χ2v) is 9.55. The van der Waals surface area contributed by atoms with Crippen LogP contribution in [0.4, 0.5) is 5.69 Å². The van der Waals surface area contributed by atoms with Crippen molar-refractivity contribution in [3.05, 3.63) is 76.6 Å². The third kappa shape index (κ3) is 4.78. The van der Waals surface area contributed by atoms with E-state index in [1.807, 2.05) is 24.3 Å². The van der Waals surface area contributed by atoms with E-state index in [2.05, 4.69) is 17.1 Å². The molecule has 0 fully saturated rings. The molecule has 1 N–H and O–H groups in total. The normalized spacial score (nSPS) is 17.9. The van der Waals surface area contributed by atoms with Crippen LogP contribution in [0.2, 0.25) is 0 Å². The Labute approximate surface area is 217 Å². The number of anilines is 1. The van der Waals surface area contributed by atoms with Gasteiger partial charge in [0, 0.05) is 59.1 Å². The number of para-hydroxylation sites is 1. The van der Waals surface area contributed by atoms with Crippen molar-refractivity contribution < 1.29 is 23.9 Å². The van der Waals surface area contributed by atoms with Gasteiger partial charge in [-0.1, -0.05) is 18.2 Å². The molecule has 0 unspecified atom stereocenters. The molecule has 1 amide bonds. The maximum Gasteiger partial charge on any atom is 0.262 e. The minimum Gasteiger partial charge on any atom is -0.497 e. The van der Waals surface area contributed by atoms with Crippen molar-refractivity contribution in [2.75, 3.05) is 25.6 Å². The zero-order valence-electron chi connectivity index (χ0n) is 21.3. The Balaban J connectivity index is 1.46. The molecule has 0 bridgehead atoms. The van der Waals surface area contributed by atoms with E-state index in [-0.39, 0.29) is 24.1 Å². The summed E-state index contributed by atoms with van der Waals surface area (Å²) in [5.74, 6) is 0.646. The second kappa shape index (κ2) is 10.6. The molecule has 37 heavy (non-hydrogen) atoms. The fourth-order valence-electron chi connectivity index (χ4n) is 5.77. The van der Waals surface area contributed by atoms with Gasteiger partial charge in [0.15, 0.2) is 18.2 Å². The van der Waals surface area contributed by atoms with Gasteiger partial charge in [-0.15, -0.1) is 0 Å². The number of ketones is 2. The van der Waals surface area contributed by atoms with Gasteiger partial charge in [0.1, 0.15) is 11.5 Å². The molecular formula is C30H32N2O5. The molecular weight excluding hydrogens is 468 g/mol. The fraction of sp³-hybridized carbons (Fsp3) is 0.367. The summed E-state index contributed by atoms with van der Waals surface area (Å²) < 4.78 is 11.2. The molecule has 0 saturated carbocycles. The number of hydrogen-bond acceptors (Lipinski definition) is 6. The fourth-order valence-corrected chi connectivity index (χ4v) is 5.77. The average molecular weight is 501 g/mol. The van der Waals surface area contributed by atoms with E-state index in [1.54, 1.807) is 31.4 Å². The molecule has 192 valence electrons. The van der Waals surface area contributed by atoms with Gasteiger partial charge in [-0.25, -0.2) is 0 Å². The minimum atomic E-state index is -0.464. The van der Waals surface area contributed by atoms with E-state index < -0.39 is 5.92 Å². The lowest BCUT2D eigenvalue weighted by atomic mass is 9.70. The van der Waals surface area contributed by atoms with Crippen molar-refractivity contribution in [1.29, 1.82) is 0 Å². The standard InChI is InChI=1S/C30H32N2O5/c1-3-32-22-9-6-11-24(33)29(22)28(30-23(32)10-7-12-25(30)34)21-8-4-5-13-26(21)37-18-27(35)31-19-14-16-20(36-2)17-15-19/h4-5,8,13-17,28H,3,6-7,9-12,18H2,1-2H3,(H,31,35). The van der Waals surface area contributed by atoms with E-state index in [0.29, 0.717) is 30.0 Å². The predicted octanol–water partition coefficient (Wildman–Crippen LogP) is 5.15. The quantitative estimate of drug-likeness (QED) is 0.566. The number of Topliss-reactive ketones (excluding diaryl/α,β-unsaturated/α-hetero) is 2. The lowest BCUT2D eigenvalue weighted by molar-refractivity contribution is -0.119. The number of rotatable bonds is 7. The van der Waals surface area contributed by atoms with Crippen LogP contribution in [-0.2, 0) is 14.4 Å². The van der Waals surface area contributed by atoms with Gasteiger partial charge in [0.25, 0.3) is 5.91 Å². The lowest BCUT2D eigenvalue weighted by Gasteiger charge is -2.43. The largest absolute Gasteiger partial charge is 0.497 e. The maximum atomic E-state index is 13.3. The summed E-state index contributed by atoms with van der Waals surface area (Å²) in [4.78, 5) is 41.6. The Kier molecular flexibility index (Phi) is 7.12. The number of benzene rings is 2. The Morgan fingerprint density at radius 1 is 0.919 bits per heavy atom. The number of amides is 1. The van der Waals surface area contributed by atoms with Crippen LogP contribution in [0.25, 0.3) is 0 Å². The molecule has 2 aromatic carbocycles. The minimum absolute atomic E-state index is 0.0988. The summed E-state index contributed by atoms with van der Waals surface area (Å²) >= 11 is 0. The molecule has 1 aliphatic heterocycles. The number of carbonyl (C=O) groups excluding carboxylic acids is 3. The first kappa shape index (κ1) is 24.8. The Morgan fingerprint density at radius 2 is 1.54 bits per heavy atom. The van der Waals surface area contributed by atoms with Crippen molar-refractivity contribution in [1.82, 2.24) is 4.90 Å². The van der Waals surface area contributed by atoms with E-state index in [0.717, 1.165) is 60.3 Å². The summed E-state index contributed by atoms with van der Waals surface area (Å²) in [5, 5.41) is 2.83. The van der Waals surface area contributed by atoms with E-state index in [9.17, 15) is 14.4 Å². The van der Waals surface area contributed by atoms with E-state index in [1.165, 1.54) is 0 Å². The third-order valence-corrected chi connectivity index (χ3v) is 7.37. The highest BCUT2D eigenvalue weighted by molar-refractivity contribution is 6.06. The van der Waals surface area contributed by atoms with E-state index in [4.69, 9.17) is 9.47 Å². The molecule has 0 aromatic heterocycles. The highest BCUT2D eigenvalue weighted by atomic mass is 16.5. The van der Waals surface area contributed by atoms with Crippen molar-refractivity contribution in [3.8, 4) is 11.5 Å². The molecule has 2 aliphatic carbocycles. The molecule has 3 aliphatic rings. The molecule has 0 atom stereocenters. The summed E-state index contributed by atoms with van der Waals surface area (Å²) in [6, 6.07) is 14.5. The third-order valence-electron chi connectivity index (χ3n) is 7.37. The monoisotopic (exact) mass is 500 g/mol. The number of carbonyl (C=O) groups is 3. The SMILES string of the molecule is CCN1C2=C(C(=O)CCC2)C(c2ccccc2OCC(=O)Nc2ccc(OC)cc2)C2=C1CCCC2=O. The number of nitrogens with zero attached hydrogens (tertiary/aromatic N) is 1. The summed E-state index contributed by atoms with van der Waals surface area (Å²) in [7, 11) is 1.59. The Bertz CT molecular complexity index is 1250. The van der Waals surface area contributed by atoms with Gasteiger partial charge in [-0.05, 0) is 62.9 Å². The average Bonchev–Trinajstić information content (AvgIpc) is 2.92.